The van der Waals surface area contributed by atoms with Crippen molar-refractivity contribution in [3.8, 4) is 0 Å². The van der Waals surface area contributed by atoms with Gasteiger partial charge in [-0.05, 0) is 19.8 Å². The Balaban J connectivity index is 2.20. The first-order valence-corrected chi connectivity index (χ1v) is 5.35. The van der Waals surface area contributed by atoms with Crippen LogP contribution in [-0.2, 0) is 4.79 Å². The normalized spacial score (nSPS) is 18.3. The Morgan fingerprint density at radius 3 is 2.50 bits per heavy atom. The van der Waals surface area contributed by atoms with Gasteiger partial charge in [0, 0.05) is 19.1 Å². The van der Waals surface area contributed by atoms with Crippen LogP contribution in [0.25, 0.3) is 0 Å². The maximum atomic E-state index is 12.0. The zero-order valence-corrected chi connectivity index (χ0v) is 9.47. The number of rotatable bonds is 5. The van der Waals surface area contributed by atoms with Gasteiger partial charge >= 0.3 is 6.18 Å². The van der Waals surface area contributed by atoms with E-state index in [4.69, 9.17) is 0 Å². The van der Waals surface area contributed by atoms with Crippen LogP contribution in [0.2, 0.25) is 0 Å². The number of hydrogen-bond acceptors (Lipinski definition) is 2. The molecule has 0 aliphatic heterocycles. The molecule has 0 heterocycles. The van der Waals surface area contributed by atoms with Crippen LogP contribution in [0.5, 0.6) is 0 Å². The van der Waals surface area contributed by atoms with Gasteiger partial charge in [0.05, 0.1) is 13.0 Å². The molecule has 1 atom stereocenters. The predicted molar refractivity (Wildman–Crippen MR) is 53.9 cm³/mol. The quantitative estimate of drug-likeness (QED) is 0.788. The highest BCUT2D eigenvalue weighted by Crippen LogP contribution is 2.25. The fourth-order valence-electron chi connectivity index (χ4n) is 1.47. The fourth-order valence-corrected chi connectivity index (χ4v) is 1.47. The molecule has 1 unspecified atom stereocenters. The summed E-state index contributed by atoms with van der Waals surface area (Å²) in [6.45, 7) is 1.40. The minimum Gasteiger partial charge on any atom is -0.342 e. The molecule has 1 rings (SSSR count). The minimum atomic E-state index is -4.18. The maximum absolute atomic E-state index is 12.0. The lowest BCUT2D eigenvalue weighted by atomic mass is 10.2. The summed E-state index contributed by atoms with van der Waals surface area (Å²) in [4.78, 5) is 13.1. The van der Waals surface area contributed by atoms with Gasteiger partial charge in [0.2, 0.25) is 5.91 Å². The first-order chi connectivity index (χ1) is 7.29. The molecule has 1 aliphatic carbocycles. The molecule has 94 valence electrons. The third kappa shape index (κ3) is 4.83. The molecule has 0 aromatic rings. The zero-order chi connectivity index (χ0) is 12.3. The SMILES string of the molecule is CC(CC(F)(F)F)NCC(=O)N(C)C1CC1. The minimum absolute atomic E-state index is 0.0236. The van der Waals surface area contributed by atoms with Gasteiger partial charge in [-0.3, -0.25) is 4.79 Å². The Bertz CT molecular complexity index is 251. The van der Waals surface area contributed by atoms with Crippen LogP contribution in [0.15, 0.2) is 0 Å². The van der Waals surface area contributed by atoms with Crippen LogP contribution in [-0.4, -0.2) is 42.7 Å². The molecule has 0 bridgehead atoms. The Morgan fingerprint density at radius 1 is 1.50 bits per heavy atom. The molecular formula is C10H17F3N2O. The van der Waals surface area contributed by atoms with Crippen molar-refractivity contribution in [3.05, 3.63) is 0 Å². The number of hydrogen-bond donors (Lipinski definition) is 1. The van der Waals surface area contributed by atoms with E-state index in [0.29, 0.717) is 6.04 Å². The van der Waals surface area contributed by atoms with E-state index >= 15 is 0 Å². The lowest BCUT2D eigenvalue weighted by molar-refractivity contribution is -0.140. The average Bonchev–Trinajstić information content (AvgIpc) is 2.93. The lowest BCUT2D eigenvalue weighted by Gasteiger charge is -2.19. The Morgan fingerprint density at radius 2 is 2.06 bits per heavy atom. The van der Waals surface area contributed by atoms with E-state index in [2.05, 4.69) is 5.32 Å². The van der Waals surface area contributed by atoms with Crippen LogP contribution in [0, 0.1) is 0 Å². The van der Waals surface area contributed by atoms with E-state index in [-0.39, 0.29) is 12.5 Å². The van der Waals surface area contributed by atoms with E-state index in [1.807, 2.05) is 0 Å². The third-order valence-electron chi connectivity index (χ3n) is 2.63. The molecule has 0 aromatic heterocycles. The van der Waals surface area contributed by atoms with E-state index in [1.54, 1.807) is 11.9 Å². The Hall–Kier alpha value is -0.780. The number of carbonyl (C=O) groups excluding carboxylic acids is 1. The average molecular weight is 238 g/mol. The summed E-state index contributed by atoms with van der Waals surface area (Å²) in [7, 11) is 1.69. The van der Waals surface area contributed by atoms with Crippen molar-refractivity contribution >= 4 is 5.91 Å². The van der Waals surface area contributed by atoms with E-state index < -0.39 is 18.6 Å². The highest BCUT2D eigenvalue weighted by molar-refractivity contribution is 5.78. The van der Waals surface area contributed by atoms with Gasteiger partial charge < -0.3 is 10.2 Å². The first-order valence-electron chi connectivity index (χ1n) is 5.35. The van der Waals surface area contributed by atoms with Gasteiger partial charge in [-0.15, -0.1) is 0 Å². The summed E-state index contributed by atoms with van der Waals surface area (Å²) >= 11 is 0. The third-order valence-corrected chi connectivity index (χ3v) is 2.63. The largest absolute Gasteiger partial charge is 0.390 e. The molecule has 3 nitrogen and oxygen atoms in total. The summed E-state index contributed by atoms with van der Waals surface area (Å²) in [5.74, 6) is -0.142. The lowest BCUT2D eigenvalue weighted by Crippen LogP contribution is -2.41. The van der Waals surface area contributed by atoms with Crippen molar-refractivity contribution in [2.45, 2.75) is 44.4 Å². The van der Waals surface area contributed by atoms with Gasteiger partial charge in [-0.2, -0.15) is 13.2 Å². The smallest absolute Gasteiger partial charge is 0.342 e. The van der Waals surface area contributed by atoms with Crippen molar-refractivity contribution in [1.82, 2.24) is 10.2 Å². The van der Waals surface area contributed by atoms with Crippen molar-refractivity contribution in [2.24, 2.45) is 0 Å². The number of alkyl halides is 3. The molecule has 0 spiro atoms. The molecule has 1 N–H and O–H groups in total. The highest BCUT2D eigenvalue weighted by atomic mass is 19.4. The summed E-state index contributed by atoms with van der Waals surface area (Å²) in [6, 6.07) is -0.427. The van der Waals surface area contributed by atoms with Crippen molar-refractivity contribution in [1.29, 1.82) is 0 Å². The monoisotopic (exact) mass is 238 g/mol. The molecule has 0 aromatic carbocycles. The maximum Gasteiger partial charge on any atom is 0.390 e. The summed E-state index contributed by atoms with van der Waals surface area (Å²) in [5, 5.41) is 2.59. The van der Waals surface area contributed by atoms with Crippen LogP contribution in [0.1, 0.15) is 26.2 Å². The van der Waals surface area contributed by atoms with Crippen LogP contribution >= 0.6 is 0 Å². The molecule has 1 fully saturated rings. The standard InChI is InChI=1S/C10H17F3N2O/c1-7(5-10(11,12)13)14-6-9(16)15(2)8-3-4-8/h7-8,14H,3-6H2,1-2H3. The number of amides is 1. The molecule has 1 amide bonds. The molecule has 0 saturated heterocycles. The molecule has 1 aliphatic rings. The van der Waals surface area contributed by atoms with Gasteiger partial charge in [0.1, 0.15) is 0 Å². The van der Waals surface area contributed by atoms with Crippen LogP contribution in [0.4, 0.5) is 13.2 Å². The molecule has 0 radical (unpaired) electrons. The van der Waals surface area contributed by atoms with Crippen molar-refractivity contribution < 1.29 is 18.0 Å². The first kappa shape index (κ1) is 13.3. The topological polar surface area (TPSA) is 32.3 Å². The fraction of sp³-hybridized carbons (Fsp3) is 0.900. The predicted octanol–water partition coefficient (Wildman–Crippen LogP) is 1.54. The van der Waals surface area contributed by atoms with E-state index in [9.17, 15) is 18.0 Å². The second kappa shape index (κ2) is 5.03. The molecule has 1 saturated carbocycles. The van der Waals surface area contributed by atoms with Gasteiger partial charge in [0.25, 0.3) is 0 Å². The second-order valence-electron chi connectivity index (χ2n) is 4.34. The number of nitrogens with zero attached hydrogens (tertiary/aromatic N) is 1. The van der Waals surface area contributed by atoms with E-state index in [0.717, 1.165) is 12.8 Å². The van der Waals surface area contributed by atoms with Gasteiger partial charge in [-0.25, -0.2) is 0 Å². The van der Waals surface area contributed by atoms with E-state index in [1.165, 1.54) is 6.92 Å². The van der Waals surface area contributed by atoms with Gasteiger partial charge in [0.15, 0.2) is 0 Å². The number of likely N-dealkylation sites (N-methyl/N-ethyl adjacent to an activating group) is 1. The van der Waals surface area contributed by atoms with Crippen LogP contribution in [0.3, 0.4) is 0 Å². The second-order valence-corrected chi connectivity index (χ2v) is 4.34. The molecular weight excluding hydrogens is 221 g/mol. The van der Waals surface area contributed by atoms with Crippen molar-refractivity contribution in [2.75, 3.05) is 13.6 Å². The molecule has 16 heavy (non-hydrogen) atoms. The van der Waals surface area contributed by atoms with Crippen LogP contribution < -0.4 is 5.32 Å². The summed E-state index contributed by atoms with van der Waals surface area (Å²) < 4.78 is 36.0. The summed E-state index contributed by atoms with van der Waals surface area (Å²) in [5.41, 5.74) is 0. The number of halogens is 3. The highest BCUT2D eigenvalue weighted by Gasteiger charge is 2.31. The zero-order valence-electron chi connectivity index (χ0n) is 9.47. The van der Waals surface area contributed by atoms with Crippen molar-refractivity contribution in [3.63, 3.8) is 0 Å². The summed E-state index contributed by atoms with van der Waals surface area (Å²) in [6.07, 6.45) is -3.09. The Labute approximate surface area is 93.0 Å². The van der Waals surface area contributed by atoms with Gasteiger partial charge in [-0.1, -0.05) is 0 Å². The Kier molecular flexibility index (Phi) is 4.18. The number of carbonyl (C=O) groups is 1. The number of nitrogens with one attached hydrogen (secondary N) is 1. The molecule has 6 heteroatoms.